The van der Waals surface area contributed by atoms with E-state index in [0.29, 0.717) is 73.1 Å². The lowest BCUT2D eigenvalue weighted by Crippen LogP contribution is -2.54. The molecule has 2 amide bonds. The first-order valence-electron chi connectivity index (χ1n) is 19.0. The van der Waals surface area contributed by atoms with Gasteiger partial charge in [-0.15, -0.1) is 13.2 Å². The highest BCUT2D eigenvalue weighted by Crippen LogP contribution is 2.59. The lowest BCUT2D eigenvalue weighted by Gasteiger charge is -2.46. The van der Waals surface area contributed by atoms with E-state index in [1.807, 2.05) is 38.1 Å². The molecule has 3 N–H and O–H groups in total. The van der Waals surface area contributed by atoms with E-state index in [1.165, 1.54) is 29.2 Å². The highest BCUT2D eigenvalue weighted by molar-refractivity contribution is 6.10. The van der Waals surface area contributed by atoms with E-state index in [4.69, 9.17) is 4.74 Å². The third-order valence-electron chi connectivity index (χ3n) is 11.6. The number of fused-ring (bicyclic) bond motifs is 8. The molecule has 11 heteroatoms. The van der Waals surface area contributed by atoms with Crippen molar-refractivity contribution in [3.63, 3.8) is 0 Å². The van der Waals surface area contributed by atoms with Crippen molar-refractivity contribution >= 4 is 17.5 Å². The number of ketones is 1. The summed E-state index contributed by atoms with van der Waals surface area (Å²) in [5.41, 5.74) is 2.54. The van der Waals surface area contributed by atoms with E-state index in [9.17, 15) is 33.0 Å². The summed E-state index contributed by atoms with van der Waals surface area (Å²) in [6, 6.07) is 26.5. The molecule has 0 heterocycles. The predicted molar refractivity (Wildman–Crippen MR) is 209 cm³/mol. The van der Waals surface area contributed by atoms with Gasteiger partial charge in [0.1, 0.15) is 11.5 Å². The van der Waals surface area contributed by atoms with Gasteiger partial charge in [0.05, 0.1) is 25.4 Å². The maximum atomic E-state index is 14.4. The molecule has 1 saturated carbocycles. The van der Waals surface area contributed by atoms with Crippen LogP contribution in [0.1, 0.15) is 90.9 Å². The van der Waals surface area contributed by atoms with Crippen LogP contribution in [0.4, 0.5) is 23.7 Å². The Kier molecular flexibility index (Phi) is 12.3. The zero-order valence-electron chi connectivity index (χ0n) is 31.9. The van der Waals surface area contributed by atoms with Gasteiger partial charge < -0.3 is 29.9 Å². The number of benzene rings is 4. The predicted octanol–water partition coefficient (Wildman–Crippen LogP) is 9.60. The first kappa shape index (κ1) is 40.5. The summed E-state index contributed by atoms with van der Waals surface area (Å²) >= 11 is 0. The monoisotopic (exact) mass is 770 g/mol. The second-order valence-electron chi connectivity index (χ2n) is 15.3. The largest absolute Gasteiger partial charge is 0.573 e. The molecule has 7 rings (SSSR count). The van der Waals surface area contributed by atoms with E-state index in [-0.39, 0.29) is 30.5 Å². The molecule has 4 aromatic carbocycles. The summed E-state index contributed by atoms with van der Waals surface area (Å²) in [7, 11) is 1.56. The maximum absolute atomic E-state index is 14.4. The van der Waals surface area contributed by atoms with Crippen LogP contribution in [0.2, 0.25) is 0 Å². The summed E-state index contributed by atoms with van der Waals surface area (Å²) in [6.45, 7) is 3.98. The molecule has 1 fully saturated rings. The molecule has 4 aromatic rings. The Morgan fingerprint density at radius 1 is 0.929 bits per heavy atom. The Balaban J connectivity index is 1.40. The van der Waals surface area contributed by atoms with E-state index in [1.54, 1.807) is 55.6 Å². The number of ether oxygens (including phenoxy) is 2. The molecular weight excluding hydrogens is 721 g/mol. The molecule has 4 atom stereocenters. The van der Waals surface area contributed by atoms with Gasteiger partial charge in [0, 0.05) is 28.8 Å². The van der Waals surface area contributed by atoms with Gasteiger partial charge in [0.25, 0.3) is 0 Å². The Bertz CT molecular complexity index is 2020. The van der Waals surface area contributed by atoms with Crippen molar-refractivity contribution in [3.8, 4) is 11.5 Å². The summed E-state index contributed by atoms with van der Waals surface area (Å²) in [5, 5.41) is 26.9. The lowest BCUT2D eigenvalue weighted by molar-refractivity contribution is -0.274. The minimum Gasteiger partial charge on any atom is -0.497 e. The number of allylic oxidation sites excluding steroid dienone is 2. The van der Waals surface area contributed by atoms with Crippen molar-refractivity contribution in [2.45, 2.75) is 89.3 Å². The van der Waals surface area contributed by atoms with Gasteiger partial charge in [-0.1, -0.05) is 61.0 Å². The number of methoxy groups -OCH3 is 1. The molecule has 56 heavy (non-hydrogen) atoms. The molecule has 0 saturated heterocycles. The first-order valence-corrected chi connectivity index (χ1v) is 19.0. The molecule has 3 aliphatic carbocycles. The van der Waals surface area contributed by atoms with E-state index < -0.39 is 29.5 Å². The molecule has 0 unspecified atom stereocenters. The molecule has 296 valence electrons. The number of hydrogen-bond donors (Lipinski definition) is 3. The van der Waals surface area contributed by atoms with Gasteiger partial charge >= 0.3 is 12.4 Å². The van der Waals surface area contributed by atoms with E-state index >= 15 is 0 Å². The Labute approximate surface area is 326 Å². The molecule has 8 nitrogen and oxygen atoms in total. The molecule has 3 aliphatic rings. The number of urea groups is 1. The SMILES string of the molecule is COc1ccc(C(=O)c2cc3ccc2[C@@H]2CC[C@@](O)(CN(Cc4ccc(OC(F)(F)F)cc4)C(=O)Nc4ccccc4)[C@@]2(C)CCC=C(C)CC[C@H](O)C3)cc1. The number of carbonyl (C=O) groups is 2. The maximum Gasteiger partial charge on any atom is 0.573 e. The number of aliphatic hydroxyl groups excluding tert-OH is 1. The van der Waals surface area contributed by atoms with Crippen molar-refractivity contribution in [2.75, 3.05) is 19.0 Å². The zero-order chi connectivity index (χ0) is 40.1. The van der Waals surface area contributed by atoms with Gasteiger partial charge in [-0.2, -0.15) is 0 Å². The number of anilines is 1. The van der Waals surface area contributed by atoms with Crippen molar-refractivity contribution < 1.29 is 42.4 Å². The van der Waals surface area contributed by atoms with E-state index in [2.05, 4.69) is 16.1 Å². The van der Waals surface area contributed by atoms with Gasteiger partial charge in [-0.25, -0.2) is 4.79 Å². The smallest absolute Gasteiger partial charge is 0.497 e. The minimum atomic E-state index is -4.85. The van der Waals surface area contributed by atoms with Gasteiger partial charge in [0.15, 0.2) is 5.78 Å². The van der Waals surface area contributed by atoms with Gasteiger partial charge in [-0.3, -0.25) is 4.79 Å². The number of amides is 2. The molecule has 0 aromatic heterocycles. The average Bonchev–Trinajstić information content (AvgIpc) is 3.42. The number of aliphatic hydroxyl groups is 2. The van der Waals surface area contributed by atoms with Crippen molar-refractivity contribution in [1.29, 1.82) is 0 Å². The Hall–Kier alpha value is -5.13. The van der Waals surface area contributed by atoms with Crippen LogP contribution in [0, 0.1) is 5.41 Å². The third kappa shape index (κ3) is 9.45. The number of nitrogens with zero attached hydrogens (tertiary/aromatic N) is 1. The molecular formula is C45H49F3N2O6. The molecule has 2 bridgehead atoms. The van der Waals surface area contributed by atoms with Crippen LogP contribution in [0.3, 0.4) is 0 Å². The second-order valence-corrected chi connectivity index (χ2v) is 15.3. The summed E-state index contributed by atoms with van der Waals surface area (Å²) < 4.78 is 48.1. The number of para-hydroxylation sites is 1. The number of nitrogens with one attached hydrogen (secondary N) is 1. The van der Waals surface area contributed by atoms with Crippen LogP contribution in [0.15, 0.2) is 109 Å². The topological polar surface area (TPSA) is 108 Å². The van der Waals surface area contributed by atoms with Crippen LogP contribution in [0.25, 0.3) is 0 Å². The fourth-order valence-electron chi connectivity index (χ4n) is 8.35. The quantitative estimate of drug-likeness (QED) is 0.116. The zero-order valence-corrected chi connectivity index (χ0v) is 31.9. The molecule has 0 radical (unpaired) electrons. The second kappa shape index (κ2) is 16.9. The highest BCUT2D eigenvalue weighted by Gasteiger charge is 2.57. The Morgan fingerprint density at radius 3 is 2.30 bits per heavy atom. The van der Waals surface area contributed by atoms with Crippen LogP contribution in [-0.2, 0) is 13.0 Å². The van der Waals surface area contributed by atoms with Crippen LogP contribution >= 0.6 is 0 Å². The molecule has 0 spiro atoms. The minimum absolute atomic E-state index is 0.00867. The number of rotatable bonds is 9. The highest BCUT2D eigenvalue weighted by atomic mass is 19.4. The number of alkyl halides is 3. The van der Waals surface area contributed by atoms with Crippen LogP contribution < -0.4 is 14.8 Å². The lowest BCUT2D eigenvalue weighted by atomic mass is 9.64. The third-order valence-corrected chi connectivity index (χ3v) is 11.6. The first-order chi connectivity index (χ1) is 26.7. The fraction of sp³-hybridized carbons (Fsp3) is 0.378. The van der Waals surface area contributed by atoms with Crippen LogP contribution in [-0.4, -0.2) is 58.6 Å². The molecule has 0 aliphatic heterocycles. The standard InChI is InChI=1S/C45H49F3N2O6/c1-30-8-7-24-43(2)40(38-22-14-32(26-35(51)17-11-30)27-39(38)41(52)33-15-20-36(55-3)21-16-33)23-25-44(43,54)29-50(42(53)49-34-9-5-4-6-10-34)28-31-12-18-37(19-13-31)56-45(46,47)48/h4-6,8-10,12-16,18-22,27,35,40,51,54H,7,11,17,23-26,28-29H2,1-3H3,(H,49,53)/t35-,40-,43-,44+/m0/s1. The van der Waals surface area contributed by atoms with Crippen molar-refractivity contribution in [1.82, 2.24) is 4.90 Å². The summed E-state index contributed by atoms with van der Waals surface area (Å²) in [6.07, 6.45) is 0.357. The van der Waals surface area contributed by atoms with Crippen molar-refractivity contribution in [3.05, 3.63) is 137 Å². The number of hydrogen-bond acceptors (Lipinski definition) is 6. The number of halogens is 3. The summed E-state index contributed by atoms with van der Waals surface area (Å²) in [4.78, 5) is 30.0. The normalized spacial score (nSPS) is 22.7. The average molecular weight is 771 g/mol. The Morgan fingerprint density at radius 2 is 1.62 bits per heavy atom. The number of carbonyl (C=O) groups excluding carboxylic acids is 2. The summed E-state index contributed by atoms with van der Waals surface area (Å²) in [5.74, 6) is -0.231. The fourth-order valence-corrected chi connectivity index (χ4v) is 8.35. The van der Waals surface area contributed by atoms with Gasteiger partial charge in [-0.05, 0) is 129 Å². The van der Waals surface area contributed by atoms with Gasteiger partial charge in [0.2, 0.25) is 0 Å². The van der Waals surface area contributed by atoms with E-state index in [0.717, 1.165) is 16.7 Å². The van der Waals surface area contributed by atoms with Crippen molar-refractivity contribution in [2.24, 2.45) is 5.41 Å². The van der Waals surface area contributed by atoms with Crippen LogP contribution in [0.5, 0.6) is 11.5 Å².